The third-order valence-corrected chi connectivity index (χ3v) is 4.35. The third-order valence-electron chi connectivity index (χ3n) is 2.34. The van der Waals surface area contributed by atoms with Crippen LogP contribution in [-0.2, 0) is 10.0 Å². The molecular weight excluding hydrogens is 318 g/mol. The highest BCUT2D eigenvalue weighted by Crippen LogP contribution is 2.22. The smallest absolute Gasteiger partial charge is 0.242 e. The van der Waals surface area contributed by atoms with Gasteiger partial charge in [-0.3, -0.25) is 0 Å². The molecular formula is C11H18BrN3O2S. The van der Waals surface area contributed by atoms with Crippen molar-refractivity contribution in [3.05, 3.63) is 22.7 Å². The van der Waals surface area contributed by atoms with Gasteiger partial charge in [-0.15, -0.1) is 0 Å². The Morgan fingerprint density at radius 1 is 1.39 bits per heavy atom. The number of nitrogens with two attached hydrogens (primary N) is 1. The third kappa shape index (κ3) is 4.56. The Bertz CT molecular complexity index is 503. The van der Waals surface area contributed by atoms with E-state index in [9.17, 15) is 8.42 Å². The number of anilines is 1. The first-order chi connectivity index (χ1) is 8.33. The SMILES string of the molecule is CN(C)CCCNS(=O)(=O)c1cc(Br)ccc1N. The molecule has 0 saturated carbocycles. The summed E-state index contributed by atoms with van der Waals surface area (Å²) in [5, 5.41) is 0. The topological polar surface area (TPSA) is 75.4 Å². The Balaban J connectivity index is 2.71. The van der Waals surface area contributed by atoms with Crippen molar-refractivity contribution in [2.24, 2.45) is 0 Å². The summed E-state index contributed by atoms with van der Waals surface area (Å²) < 4.78 is 27.3. The molecule has 0 radical (unpaired) electrons. The van der Waals surface area contributed by atoms with Crippen LogP contribution in [0.15, 0.2) is 27.6 Å². The Kier molecular flexibility index (Phi) is 5.58. The van der Waals surface area contributed by atoms with E-state index in [0.29, 0.717) is 11.0 Å². The van der Waals surface area contributed by atoms with Crippen LogP contribution in [0.4, 0.5) is 5.69 Å². The van der Waals surface area contributed by atoms with Crippen molar-refractivity contribution >= 4 is 31.6 Å². The van der Waals surface area contributed by atoms with Gasteiger partial charge in [0.15, 0.2) is 0 Å². The predicted octanol–water partition coefficient (Wildman–Crippen LogP) is 1.26. The average Bonchev–Trinajstić information content (AvgIpc) is 2.27. The fourth-order valence-corrected chi connectivity index (χ4v) is 3.16. The number of nitrogens with one attached hydrogen (secondary N) is 1. The minimum absolute atomic E-state index is 0.113. The fourth-order valence-electron chi connectivity index (χ4n) is 1.42. The highest BCUT2D eigenvalue weighted by atomic mass is 79.9. The molecule has 1 rings (SSSR count). The Labute approximate surface area is 117 Å². The first-order valence-corrected chi connectivity index (χ1v) is 7.80. The molecule has 18 heavy (non-hydrogen) atoms. The van der Waals surface area contributed by atoms with Crippen LogP contribution < -0.4 is 10.5 Å². The first-order valence-electron chi connectivity index (χ1n) is 5.52. The van der Waals surface area contributed by atoms with Gasteiger partial charge in [-0.05, 0) is 45.3 Å². The number of nitrogen functional groups attached to an aromatic ring is 1. The molecule has 7 heteroatoms. The van der Waals surface area contributed by atoms with Gasteiger partial charge in [0.05, 0.1) is 5.69 Å². The zero-order valence-corrected chi connectivity index (χ0v) is 12.9. The lowest BCUT2D eigenvalue weighted by molar-refractivity contribution is 0.400. The molecule has 0 fully saturated rings. The van der Waals surface area contributed by atoms with Crippen LogP contribution in [0.1, 0.15) is 6.42 Å². The normalized spacial score (nSPS) is 12.0. The van der Waals surface area contributed by atoms with Gasteiger partial charge in [-0.2, -0.15) is 0 Å². The molecule has 0 aliphatic carbocycles. The van der Waals surface area contributed by atoms with E-state index in [1.807, 2.05) is 19.0 Å². The van der Waals surface area contributed by atoms with Gasteiger partial charge in [0.2, 0.25) is 10.0 Å². The first kappa shape index (κ1) is 15.4. The molecule has 1 aromatic rings. The largest absolute Gasteiger partial charge is 0.398 e. The van der Waals surface area contributed by atoms with Gasteiger partial charge in [0, 0.05) is 11.0 Å². The summed E-state index contributed by atoms with van der Waals surface area (Å²) in [7, 11) is 0.356. The number of sulfonamides is 1. The molecule has 1 aromatic carbocycles. The second-order valence-corrected chi connectivity index (χ2v) is 6.89. The molecule has 0 saturated heterocycles. The molecule has 0 unspecified atom stereocenters. The van der Waals surface area contributed by atoms with Crippen molar-refractivity contribution in [1.82, 2.24) is 9.62 Å². The maximum absolute atomic E-state index is 12.0. The summed E-state index contributed by atoms with van der Waals surface area (Å²) >= 11 is 3.24. The lowest BCUT2D eigenvalue weighted by atomic mass is 10.3. The van der Waals surface area contributed by atoms with Gasteiger partial charge in [-0.1, -0.05) is 15.9 Å². The molecule has 0 spiro atoms. The number of rotatable bonds is 6. The van der Waals surface area contributed by atoms with Crippen molar-refractivity contribution in [3.8, 4) is 0 Å². The standard InChI is InChI=1S/C11H18BrN3O2S/c1-15(2)7-3-6-14-18(16,17)11-8-9(12)4-5-10(11)13/h4-5,8,14H,3,6-7,13H2,1-2H3. The summed E-state index contributed by atoms with van der Waals surface area (Å²) in [6.45, 7) is 1.23. The van der Waals surface area contributed by atoms with E-state index in [2.05, 4.69) is 20.7 Å². The molecule has 0 amide bonds. The lowest BCUT2D eigenvalue weighted by Gasteiger charge is -2.11. The molecule has 0 aromatic heterocycles. The zero-order chi connectivity index (χ0) is 13.8. The highest BCUT2D eigenvalue weighted by molar-refractivity contribution is 9.10. The number of hydrogen-bond donors (Lipinski definition) is 2. The van der Waals surface area contributed by atoms with Crippen LogP contribution in [-0.4, -0.2) is 40.5 Å². The van der Waals surface area contributed by atoms with Crippen molar-refractivity contribution in [2.75, 3.05) is 32.9 Å². The fraction of sp³-hybridized carbons (Fsp3) is 0.455. The molecule has 0 bridgehead atoms. The van der Waals surface area contributed by atoms with Crippen molar-refractivity contribution in [3.63, 3.8) is 0 Å². The minimum Gasteiger partial charge on any atom is -0.398 e. The summed E-state index contributed by atoms with van der Waals surface area (Å²) in [6, 6.07) is 4.78. The van der Waals surface area contributed by atoms with E-state index in [1.165, 1.54) is 6.07 Å². The number of hydrogen-bond acceptors (Lipinski definition) is 4. The van der Waals surface area contributed by atoms with E-state index in [0.717, 1.165) is 13.0 Å². The summed E-state index contributed by atoms with van der Waals surface area (Å²) in [5.74, 6) is 0. The Hall–Kier alpha value is -0.630. The van der Waals surface area contributed by atoms with Gasteiger partial charge < -0.3 is 10.6 Å². The molecule has 102 valence electrons. The Morgan fingerprint density at radius 3 is 2.67 bits per heavy atom. The van der Waals surface area contributed by atoms with Crippen LogP contribution in [0.25, 0.3) is 0 Å². The van der Waals surface area contributed by atoms with E-state index in [-0.39, 0.29) is 10.6 Å². The predicted molar refractivity (Wildman–Crippen MR) is 76.9 cm³/mol. The molecule has 5 nitrogen and oxygen atoms in total. The second kappa shape index (κ2) is 6.51. The lowest BCUT2D eigenvalue weighted by Crippen LogP contribution is -2.27. The second-order valence-electron chi connectivity index (χ2n) is 4.24. The van der Waals surface area contributed by atoms with Crippen LogP contribution in [0, 0.1) is 0 Å². The number of nitrogens with zero attached hydrogens (tertiary/aromatic N) is 1. The summed E-state index contributed by atoms with van der Waals surface area (Å²) in [4.78, 5) is 2.11. The molecule has 0 heterocycles. The van der Waals surface area contributed by atoms with Crippen molar-refractivity contribution in [2.45, 2.75) is 11.3 Å². The minimum atomic E-state index is -3.53. The summed E-state index contributed by atoms with van der Waals surface area (Å²) in [5.41, 5.74) is 5.93. The molecule has 0 aliphatic rings. The number of halogens is 1. The van der Waals surface area contributed by atoms with Crippen LogP contribution in [0.2, 0.25) is 0 Å². The van der Waals surface area contributed by atoms with E-state index >= 15 is 0 Å². The average molecular weight is 336 g/mol. The van der Waals surface area contributed by atoms with Gasteiger partial charge in [-0.25, -0.2) is 13.1 Å². The zero-order valence-electron chi connectivity index (χ0n) is 10.5. The Morgan fingerprint density at radius 2 is 2.06 bits per heavy atom. The van der Waals surface area contributed by atoms with E-state index in [1.54, 1.807) is 12.1 Å². The van der Waals surface area contributed by atoms with Crippen LogP contribution in [0.5, 0.6) is 0 Å². The maximum Gasteiger partial charge on any atom is 0.242 e. The van der Waals surface area contributed by atoms with Crippen LogP contribution >= 0.6 is 15.9 Å². The maximum atomic E-state index is 12.0. The molecule has 0 atom stereocenters. The van der Waals surface area contributed by atoms with E-state index < -0.39 is 10.0 Å². The van der Waals surface area contributed by atoms with Gasteiger partial charge in [0.25, 0.3) is 0 Å². The molecule has 0 aliphatic heterocycles. The molecule has 3 N–H and O–H groups in total. The van der Waals surface area contributed by atoms with Crippen LogP contribution in [0.3, 0.4) is 0 Å². The van der Waals surface area contributed by atoms with Gasteiger partial charge >= 0.3 is 0 Å². The summed E-state index contributed by atoms with van der Waals surface area (Å²) in [6.07, 6.45) is 0.750. The van der Waals surface area contributed by atoms with Crippen molar-refractivity contribution in [1.29, 1.82) is 0 Å². The van der Waals surface area contributed by atoms with Crippen molar-refractivity contribution < 1.29 is 8.42 Å². The quantitative estimate of drug-likeness (QED) is 0.606. The monoisotopic (exact) mass is 335 g/mol. The van der Waals surface area contributed by atoms with Gasteiger partial charge in [0.1, 0.15) is 4.90 Å². The highest BCUT2D eigenvalue weighted by Gasteiger charge is 2.17. The van der Waals surface area contributed by atoms with E-state index in [4.69, 9.17) is 5.73 Å². The number of benzene rings is 1.